The van der Waals surface area contributed by atoms with E-state index in [1.165, 1.54) is 0 Å². The number of hydrogen-bond acceptors (Lipinski definition) is 5. The number of fused-ring (bicyclic) bond motifs is 1. The van der Waals surface area contributed by atoms with Crippen molar-refractivity contribution < 1.29 is 15.3 Å². The lowest BCUT2D eigenvalue weighted by Gasteiger charge is -2.40. The molecule has 2 rings (SSSR count). The number of thioether (sulfide) groups is 1. The monoisotopic (exact) mass is 260 g/mol. The standard InChI is InChI=1S/C11H20N2O3S/c1-2-3-4-12-11-13-5-8(14)10(16)9(15)7(13)6-17-11/h7-10,14-16H,2-6H2,1H3. The van der Waals surface area contributed by atoms with Crippen molar-refractivity contribution in [3.8, 4) is 0 Å². The third-order valence-corrected chi connectivity index (χ3v) is 4.44. The topological polar surface area (TPSA) is 76.3 Å². The summed E-state index contributed by atoms with van der Waals surface area (Å²) < 4.78 is 0. The zero-order valence-electron chi connectivity index (χ0n) is 9.99. The van der Waals surface area contributed by atoms with Crippen LogP contribution in [0.15, 0.2) is 4.99 Å². The van der Waals surface area contributed by atoms with Crippen LogP contribution in [0.25, 0.3) is 0 Å². The summed E-state index contributed by atoms with van der Waals surface area (Å²) >= 11 is 1.60. The molecule has 2 fully saturated rings. The second-order valence-corrected chi connectivity index (χ2v) is 5.58. The molecular weight excluding hydrogens is 240 g/mol. The molecule has 2 aliphatic heterocycles. The predicted octanol–water partition coefficient (Wildman–Crippen LogP) is -0.344. The van der Waals surface area contributed by atoms with E-state index in [-0.39, 0.29) is 6.04 Å². The van der Waals surface area contributed by atoms with Gasteiger partial charge >= 0.3 is 0 Å². The van der Waals surface area contributed by atoms with E-state index in [0.29, 0.717) is 6.54 Å². The second kappa shape index (κ2) is 5.56. The summed E-state index contributed by atoms with van der Waals surface area (Å²) in [5.41, 5.74) is 0. The summed E-state index contributed by atoms with van der Waals surface area (Å²) in [7, 11) is 0. The first kappa shape index (κ1) is 13.1. The van der Waals surface area contributed by atoms with Crippen molar-refractivity contribution in [1.82, 2.24) is 4.90 Å². The molecule has 98 valence electrons. The third kappa shape index (κ3) is 2.59. The molecule has 17 heavy (non-hydrogen) atoms. The minimum absolute atomic E-state index is 0.112. The Balaban J connectivity index is 2.04. The Labute approximate surface area is 106 Å². The molecule has 6 heteroatoms. The molecule has 0 amide bonds. The molecule has 2 heterocycles. The van der Waals surface area contributed by atoms with Gasteiger partial charge in [0.2, 0.25) is 0 Å². The van der Waals surface area contributed by atoms with Crippen LogP contribution < -0.4 is 0 Å². The average Bonchev–Trinajstić information content (AvgIpc) is 2.70. The molecule has 0 aromatic carbocycles. The number of amidine groups is 1. The van der Waals surface area contributed by atoms with Crippen molar-refractivity contribution in [3.63, 3.8) is 0 Å². The smallest absolute Gasteiger partial charge is 0.159 e. The number of aliphatic hydroxyl groups is 3. The van der Waals surface area contributed by atoms with Crippen molar-refractivity contribution in [2.24, 2.45) is 4.99 Å². The van der Waals surface area contributed by atoms with Gasteiger partial charge in [-0.3, -0.25) is 4.99 Å². The van der Waals surface area contributed by atoms with Gasteiger partial charge in [-0.1, -0.05) is 25.1 Å². The Morgan fingerprint density at radius 2 is 2.12 bits per heavy atom. The molecule has 0 aromatic rings. The molecule has 3 N–H and O–H groups in total. The Hall–Kier alpha value is -0.300. The highest BCUT2D eigenvalue weighted by Crippen LogP contribution is 2.31. The van der Waals surface area contributed by atoms with Crippen LogP contribution in [-0.4, -0.2) is 68.6 Å². The van der Waals surface area contributed by atoms with Gasteiger partial charge in [0.1, 0.15) is 18.3 Å². The number of nitrogens with zero attached hydrogens (tertiary/aromatic N) is 2. The van der Waals surface area contributed by atoms with Crippen molar-refractivity contribution in [1.29, 1.82) is 0 Å². The second-order valence-electron chi connectivity index (χ2n) is 4.60. The van der Waals surface area contributed by atoms with Gasteiger partial charge in [-0.25, -0.2) is 0 Å². The summed E-state index contributed by atoms with van der Waals surface area (Å²) in [4.78, 5) is 6.43. The summed E-state index contributed by atoms with van der Waals surface area (Å²) in [5.74, 6) is 0.732. The summed E-state index contributed by atoms with van der Waals surface area (Å²) in [6.45, 7) is 3.27. The van der Waals surface area contributed by atoms with Crippen molar-refractivity contribution in [3.05, 3.63) is 0 Å². The van der Waals surface area contributed by atoms with E-state index in [4.69, 9.17) is 0 Å². The van der Waals surface area contributed by atoms with Crippen LogP contribution in [0.5, 0.6) is 0 Å². The molecular formula is C11H20N2O3S. The molecule has 0 aromatic heterocycles. The molecule has 0 bridgehead atoms. The third-order valence-electron chi connectivity index (χ3n) is 3.31. The maximum atomic E-state index is 9.89. The van der Waals surface area contributed by atoms with Crippen molar-refractivity contribution in [2.45, 2.75) is 44.1 Å². The quantitative estimate of drug-likeness (QED) is 0.605. The van der Waals surface area contributed by atoms with Gasteiger partial charge in [-0.05, 0) is 6.42 Å². The number of aliphatic hydroxyl groups excluding tert-OH is 3. The number of unbranched alkanes of at least 4 members (excludes halogenated alkanes) is 1. The maximum Gasteiger partial charge on any atom is 0.159 e. The van der Waals surface area contributed by atoms with E-state index in [2.05, 4.69) is 11.9 Å². The Kier molecular flexibility index (Phi) is 4.30. The molecule has 0 spiro atoms. The van der Waals surface area contributed by atoms with Crippen LogP contribution in [0, 0.1) is 0 Å². The SMILES string of the molecule is CCCCN=C1SCC2C(O)C(O)C(O)CN12. The minimum atomic E-state index is -1.04. The normalized spacial score (nSPS) is 39.8. The lowest BCUT2D eigenvalue weighted by Crippen LogP contribution is -2.60. The number of aliphatic imine (C=N–C) groups is 1. The molecule has 5 nitrogen and oxygen atoms in total. The van der Waals surface area contributed by atoms with Gasteiger partial charge in [0, 0.05) is 18.8 Å². The highest BCUT2D eigenvalue weighted by atomic mass is 32.2. The Morgan fingerprint density at radius 1 is 1.35 bits per heavy atom. The van der Waals surface area contributed by atoms with Gasteiger partial charge in [-0.2, -0.15) is 0 Å². The van der Waals surface area contributed by atoms with Crippen LogP contribution >= 0.6 is 11.8 Å². The van der Waals surface area contributed by atoms with Crippen molar-refractivity contribution >= 4 is 16.9 Å². The van der Waals surface area contributed by atoms with E-state index in [1.807, 2.05) is 4.90 Å². The van der Waals surface area contributed by atoms with Crippen LogP contribution in [0.4, 0.5) is 0 Å². The van der Waals surface area contributed by atoms with E-state index < -0.39 is 18.3 Å². The predicted molar refractivity (Wildman–Crippen MR) is 68.2 cm³/mol. The fourth-order valence-corrected chi connectivity index (χ4v) is 3.46. The molecule has 2 saturated heterocycles. The average molecular weight is 260 g/mol. The molecule has 4 unspecified atom stereocenters. The lowest BCUT2D eigenvalue weighted by molar-refractivity contribution is -0.114. The van der Waals surface area contributed by atoms with Crippen LogP contribution in [0.3, 0.4) is 0 Å². The molecule has 4 atom stereocenters. The highest BCUT2D eigenvalue weighted by Gasteiger charge is 2.45. The minimum Gasteiger partial charge on any atom is -0.388 e. The van der Waals surface area contributed by atoms with Gasteiger partial charge in [-0.15, -0.1) is 0 Å². The first-order chi connectivity index (χ1) is 8.15. The molecule has 0 radical (unpaired) electrons. The van der Waals surface area contributed by atoms with Gasteiger partial charge < -0.3 is 20.2 Å². The molecule has 0 aliphatic carbocycles. The van der Waals surface area contributed by atoms with Crippen LogP contribution in [0.2, 0.25) is 0 Å². The number of rotatable bonds is 3. The summed E-state index contributed by atoms with van der Waals surface area (Å²) in [5, 5.41) is 30.1. The van der Waals surface area contributed by atoms with Crippen molar-refractivity contribution in [2.75, 3.05) is 18.8 Å². The van der Waals surface area contributed by atoms with Crippen LogP contribution in [0.1, 0.15) is 19.8 Å². The van der Waals surface area contributed by atoms with Gasteiger partial charge in [0.25, 0.3) is 0 Å². The van der Waals surface area contributed by atoms with E-state index >= 15 is 0 Å². The maximum absolute atomic E-state index is 9.89. The summed E-state index contributed by atoms with van der Waals surface area (Å²) in [6, 6.07) is -0.112. The summed E-state index contributed by atoms with van der Waals surface area (Å²) in [6.07, 6.45) is -0.654. The fraction of sp³-hybridized carbons (Fsp3) is 0.909. The molecule has 0 saturated carbocycles. The van der Waals surface area contributed by atoms with Gasteiger partial charge in [0.05, 0.1) is 6.04 Å². The largest absolute Gasteiger partial charge is 0.388 e. The first-order valence-corrected chi connectivity index (χ1v) is 7.11. The zero-order valence-corrected chi connectivity index (χ0v) is 10.8. The van der Waals surface area contributed by atoms with Gasteiger partial charge in [0.15, 0.2) is 5.17 Å². The van der Waals surface area contributed by atoms with E-state index in [1.54, 1.807) is 11.8 Å². The zero-order chi connectivity index (χ0) is 12.4. The first-order valence-electron chi connectivity index (χ1n) is 6.13. The van der Waals surface area contributed by atoms with Crippen LogP contribution in [-0.2, 0) is 0 Å². The number of hydrogen-bond donors (Lipinski definition) is 3. The van der Waals surface area contributed by atoms with E-state index in [9.17, 15) is 15.3 Å². The number of piperidine rings is 1. The lowest BCUT2D eigenvalue weighted by atomic mass is 9.96. The Morgan fingerprint density at radius 3 is 2.82 bits per heavy atom. The molecule has 2 aliphatic rings. The fourth-order valence-electron chi connectivity index (χ4n) is 2.21. The highest BCUT2D eigenvalue weighted by molar-refractivity contribution is 8.14. The van der Waals surface area contributed by atoms with E-state index in [0.717, 1.165) is 30.3 Å². The Bertz CT molecular complexity index is 300.